The zero-order valence-corrected chi connectivity index (χ0v) is 12.5. The summed E-state index contributed by atoms with van der Waals surface area (Å²) in [5, 5.41) is 20.4. The normalized spacial score (nSPS) is 25.6. The summed E-state index contributed by atoms with van der Waals surface area (Å²) in [6, 6.07) is 13.5. The van der Waals surface area contributed by atoms with Crippen molar-refractivity contribution in [2.75, 3.05) is 0 Å². The Morgan fingerprint density at radius 1 is 0.955 bits per heavy atom. The molecule has 0 radical (unpaired) electrons. The quantitative estimate of drug-likeness (QED) is 0.818. The van der Waals surface area contributed by atoms with Crippen LogP contribution in [0.4, 0.5) is 4.39 Å². The number of hydrogen-bond donors (Lipinski definition) is 2. The van der Waals surface area contributed by atoms with Crippen LogP contribution in [0.25, 0.3) is 0 Å². The number of halogens is 1. The molecule has 2 nitrogen and oxygen atoms in total. The number of rotatable bonds is 2. The van der Waals surface area contributed by atoms with E-state index in [-0.39, 0.29) is 11.6 Å². The number of benzene rings is 2. The Morgan fingerprint density at radius 2 is 1.68 bits per heavy atom. The fourth-order valence-electron chi connectivity index (χ4n) is 3.72. The van der Waals surface area contributed by atoms with Crippen molar-refractivity contribution < 1.29 is 14.6 Å². The lowest BCUT2D eigenvalue weighted by molar-refractivity contribution is 0.0926. The zero-order chi connectivity index (χ0) is 15.6. The minimum absolute atomic E-state index is 0.176. The number of phenolic OH excluding ortho intramolecular Hbond substituents is 1. The summed E-state index contributed by atoms with van der Waals surface area (Å²) in [6.45, 7) is 0. The molecule has 2 atom stereocenters. The second-order valence-electron chi connectivity index (χ2n) is 6.11. The van der Waals surface area contributed by atoms with E-state index in [4.69, 9.17) is 0 Å². The molecule has 0 bridgehead atoms. The second kappa shape index (κ2) is 6.09. The minimum atomic E-state index is -0.741. The molecular weight excluding hydrogens is 279 g/mol. The van der Waals surface area contributed by atoms with Crippen LogP contribution in [-0.4, -0.2) is 16.3 Å². The standard InChI is InChI=1S/C19H21FO2/c20-17-7-4-3-6-16(17)19(13-5-1-2-8-18(19)22)14-9-11-15(21)12-10-14/h3-4,6-7,9-12,18,21-22H,1-2,5,8,13H2. The van der Waals surface area contributed by atoms with Crippen LogP contribution in [-0.2, 0) is 5.41 Å². The molecule has 22 heavy (non-hydrogen) atoms. The van der Waals surface area contributed by atoms with Gasteiger partial charge in [-0.1, -0.05) is 49.6 Å². The predicted molar refractivity (Wildman–Crippen MR) is 84.4 cm³/mol. The third kappa shape index (κ3) is 2.50. The van der Waals surface area contributed by atoms with E-state index in [1.54, 1.807) is 36.4 Å². The molecule has 0 aliphatic heterocycles. The van der Waals surface area contributed by atoms with Crippen LogP contribution in [0.2, 0.25) is 0 Å². The maximum atomic E-state index is 14.5. The number of aromatic hydroxyl groups is 1. The van der Waals surface area contributed by atoms with Gasteiger partial charge in [0.05, 0.1) is 6.10 Å². The highest BCUT2D eigenvalue weighted by Crippen LogP contribution is 2.45. The van der Waals surface area contributed by atoms with Crippen LogP contribution >= 0.6 is 0 Å². The Hall–Kier alpha value is -1.87. The van der Waals surface area contributed by atoms with Crippen molar-refractivity contribution in [3.63, 3.8) is 0 Å². The number of hydrogen-bond acceptors (Lipinski definition) is 2. The maximum Gasteiger partial charge on any atom is 0.127 e. The van der Waals surface area contributed by atoms with Crippen molar-refractivity contribution >= 4 is 0 Å². The minimum Gasteiger partial charge on any atom is -0.508 e. The van der Waals surface area contributed by atoms with Gasteiger partial charge in [0.25, 0.3) is 0 Å². The monoisotopic (exact) mass is 300 g/mol. The van der Waals surface area contributed by atoms with Gasteiger partial charge in [-0.15, -0.1) is 0 Å². The smallest absolute Gasteiger partial charge is 0.127 e. The van der Waals surface area contributed by atoms with Gasteiger partial charge in [-0.25, -0.2) is 4.39 Å². The third-order valence-electron chi connectivity index (χ3n) is 4.85. The molecule has 2 N–H and O–H groups in total. The first-order valence-electron chi connectivity index (χ1n) is 7.87. The molecule has 0 saturated heterocycles. The van der Waals surface area contributed by atoms with Gasteiger partial charge in [0.2, 0.25) is 0 Å². The van der Waals surface area contributed by atoms with Gasteiger partial charge in [0.15, 0.2) is 0 Å². The summed E-state index contributed by atoms with van der Waals surface area (Å²) in [5.74, 6) is -0.105. The molecule has 1 saturated carbocycles. The van der Waals surface area contributed by atoms with Crippen molar-refractivity contribution in [3.05, 3.63) is 65.5 Å². The van der Waals surface area contributed by atoms with Gasteiger partial charge < -0.3 is 10.2 Å². The molecule has 2 unspecified atom stereocenters. The predicted octanol–water partition coefficient (Wildman–Crippen LogP) is 4.14. The molecule has 1 fully saturated rings. The Labute approximate surface area is 130 Å². The molecule has 0 spiro atoms. The van der Waals surface area contributed by atoms with E-state index in [2.05, 4.69) is 0 Å². The number of phenols is 1. The van der Waals surface area contributed by atoms with Crippen LogP contribution in [0.15, 0.2) is 48.5 Å². The highest BCUT2D eigenvalue weighted by Gasteiger charge is 2.43. The molecule has 2 aromatic carbocycles. The number of aliphatic hydroxyl groups excluding tert-OH is 1. The highest BCUT2D eigenvalue weighted by molar-refractivity contribution is 5.43. The maximum absolute atomic E-state index is 14.5. The lowest BCUT2D eigenvalue weighted by atomic mass is 9.67. The molecule has 116 valence electrons. The Bertz CT molecular complexity index is 638. The fourth-order valence-corrected chi connectivity index (χ4v) is 3.72. The third-order valence-corrected chi connectivity index (χ3v) is 4.85. The van der Waals surface area contributed by atoms with E-state index in [1.165, 1.54) is 6.07 Å². The van der Waals surface area contributed by atoms with Crippen molar-refractivity contribution in [2.24, 2.45) is 0 Å². The molecule has 1 aliphatic rings. The van der Waals surface area contributed by atoms with Gasteiger partial charge in [-0.2, -0.15) is 0 Å². The van der Waals surface area contributed by atoms with E-state index in [0.29, 0.717) is 18.4 Å². The summed E-state index contributed by atoms with van der Waals surface area (Å²) >= 11 is 0. The lowest BCUT2D eigenvalue weighted by Gasteiger charge is -2.38. The summed E-state index contributed by atoms with van der Waals surface area (Å²) in [4.78, 5) is 0. The van der Waals surface area contributed by atoms with Gasteiger partial charge >= 0.3 is 0 Å². The van der Waals surface area contributed by atoms with E-state index >= 15 is 0 Å². The zero-order valence-electron chi connectivity index (χ0n) is 12.5. The van der Waals surface area contributed by atoms with Gasteiger partial charge in [-0.3, -0.25) is 0 Å². The molecule has 2 aromatic rings. The van der Waals surface area contributed by atoms with Crippen LogP contribution in [0.3, 0.4) is 0 Å². The summed E-state index contributed by atoms with van der Waals surface area (Å²) < 4.78 is 14.5. The second-order valence-corrected chi connectivity index (χ2v) is 6.11. The summed E-state index contributed by atoms with van der Waals surface area (Å²) in [7, 11) is 0. The largest absolute Gasteiger partial charge is 0.508 e. The van der Waals surface area contributed by atoms with Gasteiger partial charge in [0.1, 0.15) is 11.6 Å². The van der Waals surface area contributed by atoms with E-state index < -0.39 is 11.5 Å². The summed E-state index contributed by atoms with van der Waals surface area (Å²) in [5.41, 5.74) is 0.676. The first kappa shape index (κ1) is 15.0. The molecule has 0 heterocycles. The Kier molecular flexibility index (Phi) is 4.16. The van der Waals surface area contributed by atoms with Crippen LogP contribution in [0, 0.1) is 5.82 Å². The first-order chi connectivity index (χ1) is 10.6. The van der Waals surface area contributed by atoms with Gasteiger partial charge in [-0.05, 0) is 36.6 Å². The molecule has 0 amide bonds. The average Bonchev–Trinajstić information content (AvgIpc) is 2.71. The van der Waals surface area contributed by atoms with Crippen LogP contribution < -0.4 is 0 Å². The van der Waals surface area contributed by atoms with Crippen molar-refractivity contribution in [3.8, 4) is 5.75 Å². The first-order valence-corrected chi connectivity index (χ1v) is 7.87. The Balaban J connectivity index is 2.21. The van der Waals surface area contributed by atoms with E-state index in [0.717, 1.165) is 24.8 Å². The van der Waals surface area contributed by atoms with Crippen molar-refractivity contribution in [1.82, 2.24) is 0 Å². The molecular formula is C19H21FO2. The average molecular weight is 300 g/mol. The van der Waals surface area contributed by atoms with E-state index in [1.807, 2.05) is 6.07 Å². The highest BCUT2D eigenvalue weighted by atomic mass is 19.1. The summed E-state index contributed by atoms with van der Waals surface area (Å²) in [6.07, 6.45) is 3.69. The SMILES string of the molecule is Oc1ccc(C2(c3ccccc3F)CCCCCC2O)cc1. The number of aliphatic hydroxyl groups is 1. The van der Waals surface area contributed by atoms with Crippen LogP contribution in [0.1, 0.15) is 43.2 Å². The van der Waals surface area contributed by atoms with Crippen LogP contribution in [0.5, 0.6) is 5.75 Å². The fraction of sp³-hybridized carbons (Fsp3) is 0.368. The molecule has 3 rings (SSSR count). The van der Waals surface area contributed by atoms with Crippen molar-refractivity contribution in [2.45, 2.75) is 43.6 Å². The topological polar surface area (TPSA) is 40.5 Å². The molecule has 1 aliphatic carbocycles. The molecule has 3 heteroatoms. The van der Waals surface area contributed by atoms with E-state index in [9.17, 15) is 14.6 Å². The van der Waals surface area contributed by atoms with Crippen molar-refractivity contribution in [1.29, 1.82) is 0 Å². The Morgan fingerprint density at radius 3 is 2.41 bits per heavy atom. The van der Waals surface area contributed by atoms with Gasteiger partial charge in [0, 0.05) is 11.0 Å². The lowest BCUT2D eigenvalue weighted by Crippen LogP contribution is -2.40. The molecule has 0 aromatic heterocycles.